The third kappa shape index (κ3) is 3.37. The van der Waals surface area contributed by atoms with Crippen LogP contribution in [0.5, 0.6) is 0 Å². The van der Waals surface area contributed by atoms with Crippen LogP contribution in [0.1, 0.15) is 15.9 Å². The highest BCUT2D eigenvalue weighted by molar-refractivity contribution is 7.22. The minimum atomic E-state index is -0.398. The van der Waals surface area contributed by atoms with Crippen molar-refractivity contribution in [2.45, 2.75) is 6.54 Å². The zero-order valence-electron chi connectivity index (χ0n) is 14.9. The van der Waals surface area contributed by atoms with Crippen LogP contribution in [0, 0.1) is 5.82 Å². The Morgan fingerprint density at radius 2 is 2.03 bits per heavy atom. The topological polar surface area (TPSA) is 59.0 Å². The number of hydrogen-bond donors (Lipinski definition) is 0. The van der Waals surface area contributed by atoms with Gasteiger partial charge in [0.1, 0.15) is 11.3 Å². The van der Waals surface area contributed by atoms with Crippen LogP contribution in [-0.2, 0) is 6.54 Å². The number of benzene rings is 2. The lowest BCUT2D eigenvalue weighted by atomic mass is 10.1. The Labute approximate surface area is 173 Å². The van der Waals surface area contributed by atoms with E-state index in [1.165, 1.54) is 28.7 Å². The molecule has 3 aromatic heterocycles. The molecule has 8 heteroatoms. The van der Waals surface area contributed by atoms with Crippen molar-refractivity contribution in [2.75, 3.05) is 4.90 Å². The van der Waals surface area contributed by atoms with E-state index in [1.54, 1.807) is 41.0 Å². The molecule has 0 bridgehead atoms. The van der Waals surface area contributed by atoms with Crippen LogP contribution in [0.3, 0.4) is 0 Å². The largest absolute Gasteiger partial charge is 0.279 e. The lowest BCUT2D eigenvalue weighted by Gasteiger charge is -2.20. The van der Waals surface area contributed by atoms with E-state index in [0.717, 1.165) is 15.8 Å². The van der Waals surface area contributed by atoms with E-state index >= 15 is 0 Å². The van der Waals surface area contributed by atoms with Crippen molar-refractivity contribution in [2.24, 2.45) is 0 Å². The van der Waals surface area contributed by atoms with E-state index in [1.807, 2.05) is 24.3 Å². The highest BCUT2D eigenvalue weighted by Gasteiger charge is 2.23. The molecule has 29 heavy (non-hydrogen) atoms. The molecule has 0 fully saturated rings. The Kier molecular flexibility index (Phi) is 4.49. The molecular formula is C21H13FN4OS2. The third-order valence-corrected chi connectivity index (χ3v) is 6.31. The standard InChI is InChI=1S/C21H13FN4OS2/c22-15-4-1-5-17-19(15)25-21(29-17)26(11-13-3-2-8-23-10-13)20(27)14-6-7-16-18(9-14)28-12-24-16/h1-10,12H,11H2. The van der Waals surface area contributed by atoms with Gasteiger partial charge in [0, 0.05) is 18.0 Å². The molecule has 142 valence electrons. The molecule has 5 aromatic rings. The van der Waals surface area contributed by atoms with E-state index in [-0.39, 0.29) is 18.0 Å². The molecule has 1 amide bonds. The van der Waals surface area contributed by atoms with E-state index < -0.39 is 5.82 Å². The van der Waals surface area contributed by atoms with E-state index in [2.05, 4.69) is 15.0 Å². The summed E-state index contributed by atoms with van der Waals surface area (Å²) in [6, 6.07) is 14.0. The highest BCUT2D eigenvalue weighted by Crippen LogP contribution is 2.32. The summed E-state index contributed by atoms with van der Waals surface area (Å²) >= 11 is 2.77. The van der Waals surface area contributed by atoms with Gasteiger partial charge in [-0.1, -0.05) is 23.5 Å². The molecule has 0 unspecified atom stereocenters. The predicted octanol–water partition coefficient (Wildman–Crippen LogP) is 5.29. The number of aromatic nitrogens is 3. The van der Waals surface area contributed by atoms with Gasteiger partial charge in [0.05, 0.1) is 27.0 Å². The van der Waals surface area contributed by atoms with Crippen molar-refractivity contribution >= 4 is 54.1 Å². The minimum absolute atomic E-state index is 0.205. The molecule has 2 aromatic carbocycles. The van der Waals surface area contributed by atoms with Gasteiger partial charge in [0.25, 0.3) is 5.91 Å². The number of anilines is 1. The summed E-state index contributed by atoms with van der Waals surface area (Å²) in [5.74, 6) is -0.603. The van der Waals surface area contributed by atoms with Gasteiger partial charge in [-0.3, -0.25) is 14.7 Å². The van der Waals surface area contributed by atoms with Crippen molar-refractivity contribution in [3.05, 3.63) is 83.4 Å². The van der Waals surface area contributed by atoms with Crippen LogP contribution in [0.4, 0.5) is 9.52 Å². The first kappa shape index (κ1) is 17.8. The van der Waals surface area contributed by atoms with Crippen molar-refractivity contribution in [3.8, 4) is 0 Å². The molecule has 3 heterocycles. The maximum absolute atomic E-state index is 14.2. The Balaban J connectivity index is 1.60. The number of thiazole rings is 2. The minimum Gasteiger partial charge on any atom is -0.279 e. The van der Waals surface area contributed by atoms with Gasteiger partial charge in [-0.05, 0) is 42.0 Å². The summed E-state index contributed by atoms with van der Waals surface area (Å²) in [6.45, 7) is 0.287. The number of amides is 1. The first-order valence-electron chi connectivity index (χ1n) is 8.78. The number of rotatable bonds is 4. The van der Waals surface area contributed by atoms with Crippen molar-refractivity contribution in [3.63, 3.8) is 0 Å². The van der Waals surface area contributed by atoms with Gasteiger partial charge in [-0.2, -0.15) is 0 Å². The zero-order valence-corrected chi connectivity index (χ0v) is 16.6. The Morgan fingerprint density at radius 3 is 2.86 bits per heavy atom. The summed E-state index contributed by atoms with van der Waals surface area (Å²) in [5, 5.41) is 0.448. The summed E-state index contributed by atoms with van der Waals surface area (Å²) in [5.41, 5.74) is 4.27. The van der Waals surface area contributed by atoms with Crippen LogP contribution in [0.2, 0.25) is 0 Å². The maximum Gasteiger partial charge on any atom is 0.260 e. The molecular weight excluding hydrogens is 407 g/mol. The smallest absolute Gasteiger partial charge is 0.260 e. The molecule has 0 saturated heterocycles. The van der Waals surface area contributed by atoms with Gasteiger partial charge in [0.15, 0.2) is 5.13 Å². The number of nitrogens with zero attached hydrogens (tertiary/aromatic N) is 4. The van der Waals surface area contributed by atoms with Gasteiger partial charge in [-0.25, -0.2) is 14.4 Å². The molecule has 0 aliphatic heterocycles. The molecule has 5 nitrogen and oxygen atoms in total. The fourth-order valence-electron chi connectivity index (χ4n) is 3.06. The third-order valence-electron chi connectivity index (χ3n) is 4.48. The van der Waals surface area contributed by atoms with Gasteiger partial charge >= 0.3 is 0 Å². The molecule has 0 aliphatic rings. The average molecular weight is 420 g/mol. The van der Waals surface area contributed by atoms with Crippen molar-refractivity contribution < 1.29 is 9.18 Å². The second kappa shape index (κ2) is 7.31. The number of halogens is 1. The number of pyridine rings is 1. The normalized spacial score (nSPS) is 11.2. The quantitative estimate of drug-likeness (QED) is 0.397. The van der Waals surface area contributed by atoms with Crippen LogP contribution in [0.25, 0.3) is 20.4 Å². The maximum atomic E-state index is 14.2. The highest BCUT2D eigenvalue weighted by atomic mass is 32.1. The molecule has 0 spiro atoms. The van der Waals surface area contributed by atoms with Crippen molar-refractivity contribution in [1.82, 2.24) is 15.0 Å². The van der Waals surface area contributed by atoms with Crippen LogP contribution in [0.15, 0.2) is 66.4 Å². The number of carbonyl (C=O) groups excluding carboxylic acids is 1. The first-order valence-corrected chi connectivity index (χ1v) is 10.5. The van der Waals surface area contributed by atoms with Crippen LogP contribution >= 0.6 is 22.7 Å². The lowest BCUT2D eigenvalue weighted by Crippen LogP contribution is -2.30. The Bertz CT molecular complexity index is 1330. The molecule has 0 aliphatic carbocycles. The van der Waals surface area contributed by atoms with Gasteiger partial charge in [-0.15, -0.1) is 11.3 Å². The number of hydrogen-bond acceptors (Lipinski definition) is 6. The van der Waals surface area contributed by atoms with E-state index in [9.17, 15) is 9.18 Å². The van der Waals surface area contributed by atoms with E-state index in [4.69, 9.17) is 0 Å². The SMILES string of the molecule is O=C(c1ccc2ncsc2c1)N(Cc1cccnc1)c1nc2c(F)cccc2s1. The molecule has 0 saturated carbocycles. The van der Waals surface area contributed by atoms with E-state index in [0.29, 0.717) is 15.4 Å². The van der Waals surface area contributed by atoms with Gasteiger partial charge < -0.3 is 0 Å². The number of carbonyl (C=O) groups is 1. The van der Waals surface area contributed by atoms with Crippen LogP contribution < -0.4 is 4.90 Å². The summed E-state index contributed by atoms with van der Waals surface area (Å²) in [4.78, 5) is 27.8. The van der Waals surface area contributed by atoms with Gasteiger partial charge in [0.2, 0.25) is 0 Å². The summed E-state index contributed by atoms with van der Waals surface area (Å²) in [6.07, 6.45) is 3.39. The fraction of sp³-hybridized carbons (Fsp3) is 0.0476. The number of para-hydroxylation sites is 1. The monoisotopic (exact) mass is 420 g/mol. The Morgan fingerprint density at radius 1 is 1.10 bits per heavy atom. The molecule has 0 radical (unpaired) electrons. The van der Waals surface area contributed by atoms with Crippen LogP contribution in [-0.4, -0.2) is 20.9 Å². The molecule has 0 N–H and O–H groups in total. The first-order chi connectivity index (χ1) is 14.2. The molecule has 5 rings (SSSR count). The Hall–Kier alpha value is -3.23. The molecule has 0 atom stereocenters. The average Bonchev–Trinajstić information content (AvgIpc) is 3.39. The summed E-state index contributed by atoms with van der Waals surface area (Å²) < 4.78 is 15.8. The summed E-state index contributed by atoms with van der Waals surface area (Å²) in [7, 11) is 0. The zero-order chi connectivity index (χ0) is 19.8. The second-order valence-corrected chi connectivity index (χ2v) is 8.27. The van der Waals surface area contributed by atoms with Crippen molar-refractivity contribution in [1.29, 1.82) is 0 Å². The lowest BCUT2D eigenvalue weighted by molar-refractivity contribution is 0.0985. The second-order valence-electron chi connectivity index (χ2n) is 6.37. The number of fused-ring (bicyclic) bond motifs is 2. The predicted molar refractivity (Wildman–Crippen MR) is 114 cm³/mol. The fourth-order valence-corrected chi connectivity index (χ4v) is 4.76.